The normalized spacial score (nSPS) is 15.6. The van der Waals surface area contributed by atoms with Crippen LogP contribution in [0.1, 0.15) is 72.9 Å². The molecule has 1 saturated heterocycles. The number of phenols is 3. The van der Waals surface area contributed by atoms with E-state index >= 15 is 0 Å². The van der Waals surface area contributed by atoms with Gasteiger partial charge in [0.15, 0.2) is 6.10 Å². The van der Waals surface area contributed by atoms with Gasteiger partial charge in [0.25, 0.3) is 0 Å². The van der Waals surface area contributed by atoms with Crippen molar-refractivity contribution in [1.82, 2.24) is 4.98 Å². The van der Waals surface area contributed by atoms with Crippen LogP contribution in [0, 0.1) is 6.92 Å². The number of amides is 3. The summed E-state index contributed by atoms with van der Waals surface area (Å²) in [5, 5.41) is 73.0. The lowest BCUT2D eigenvalue weighted by molar-refractivity contribution is -0.271. The van der Waals surface area contributed by atoms with Gasteiger partial charge in [-0.05, 0) is 224 Å². The molecule has 552 valence electrons. The average Bonchev–Trinajstić information content (AvgIpc) is 1.72. The lowest BCUT2D eigenvalue weighted by atomic mass is 9.91. The van der Waals surface area contributed by atoms with Gasteiger partial charge < -0.3 is 67.2 Å². The number of thiophene rings is 1. The SMILES string of the molecule is CC(=O)CCc1cc(-c2ccccc2)ccc1-c1cccc(OC2O[C@H](C(=O)O)[C@@H](O)[C@H](O)[C@H]2O)c1.CC1=NCC=C1c1ccc(-c2cccc(O)c2)c(CCC(N)=O)c1.Cc1cscc1-c1ccc(-c2cccc(O)c2)c(CCC(N)=O)c1.NC(=O)CCc1cc(-c2ccccn2)ccc1-c1cccc(O)c1. The molecule has 19 nitrogen and oxygen atoms in total. The highest BCUT2D eigenvalue weighted by atomic mass is 32.1. The molecule has 108 heavy (non-hydrogen) atoms. The van der Waals surface area contributed by atoms with E-state index in [0.717, 1.165) is 112 Å². The van der Waals surface area contributed by atoms with Gasteiger partial charge in [0.05, 0.1) is 12.2 Å². The van der Waals surface area contributed by atoms with Crippen molar-refractivity contribution in [2.24, 2.45) is 22.2 Å². The number of primary amides is 3. The molecular formula is C88H85N5O14S. The Morgan fingerprint density at radius 3 is 1.37 bits per heavy atom. The summed E-state index contributed by atoms with van der Waals surface area (Å²) in [6.45, 7) is 6.37. The van der Waals surface area contributed by atoms with Crippen molar-refractivity contribution in [1.29, 1.82) is 0 Å². The lowest BCUT2D eigenvalue weighted by Gasteiger charge is -2.38. The minimum Gasteiger partial charge on any atom is -0.508 e. The second kappa shape index (κ2) is 37.2. The molecule has 0 radical (unpaired) electrons. The number of carboxylic acids is 1. The first-order valence-corrected chi connectivity index (χ1v) is 36.1. The summed E-state index contributed by atoms with van der Waals surface area (Å²) in [4.78, 5) is 65.5. The highest BCUT2D eigenvalue weighted by molar-refractivity contribution is 7.08. The van der Waals surface area contributed by atoms with E-state index in [1.807, 2.05) is 128 Å². The molecule has 0 saturated carbocycles. The fourth-order valence-electron chi connectivity index (χ4n) is 12.8. The lowest BCUT2D eigenvalue weighted by Crippen LogP contribution is -2.61. The highest BCUT2D eigenvalue weighted by Gasteiger charge is 2.48. The van der Waals surface area contributed by atoms with Gasteiger partial charge >= 0.3 is 5.97 Å². The molecule has 5 atom stereocenters. The zero-order valence-corrected chi connectivity index (χ0v) is 60.7. The van der Waals surface area contributed by atoms with E-state index in [1.54, 1.807) is 85.1 Å². The first-order valence-electron chi connectivity index (χ1n) is 35.1. The van der Waals surface area contributed by atoms with Crippen LogP contribution in [-0.2, 0) is 54.4 Å². The van der Waals surface area contributed by atoms with E-state index in [1.165, 1.54) is 11.1 Å². The van der Waals surface area contributed by atoms with Crippen LogP contribution >= 0.6 is 11.3 Å². The Kier molecular flexibility index (Phi) is 27.0. The van der Waals surface area contributed by atoms with Crippen LogP contribution in [0.4, 0.5) is 0 Å². The zero-order valence-electron chi connectivity index (χ0n) is 59.9. The maximum Gasteiger partial charge on any atom is 0.335 e. The van der Waals surface area contributed by atoms with Crippen LogP contribution in [0.2, 0.25) is 0 Å². The number of carbonyl (C=O) groups is 5. The van der Waals surface area contributed by atoms with E-state index in [0.29, 0.717) is 51.5 Å². The van der Waals surface area contributed by atoms with Crippen LogP contribution in [0.3, 0.4) is 0 Å². The molecule has 2 aliphatic heterocycles. The molecule has 0 bridgehead atoms. The predicted molar refractivity (Wildman–Crippen MR) is 422 cm³/mol. The molecule has 11 aromatic rings. The number of hydrogen-bond acceptors (Lipinski definition) is 16. The quantitative estimate of drug-likeness (QED) is 0.0284. The third-order valence-corrected chi connectivity index (χ3v) is 19.2. The monoisotopic (exact) mass is 1470 g/mol. The molecule has 3 amide bonds. The maximum absolute atomic E-state index is 11.7. The van der Waals surface area contributed by atoms with Crippen molar-refractivity contribution in [3.8, 4) is 101 Å². The average molecular weight is 1470 g/mol. The fourth-order valence-corrected chi connectivity index (χ4v) is 13.6. The number of aryl methyl sites for hydroxylation is 5. The number of aliphatic carboxylic acids is 1. The number of aliphatic hydroxyl groups is 3. The summed E-state index contributed by atoms with van der Waals surface area (Å²) in [7, 11) is 0. The first-order chi connectivity index (χ1) is 52.0. The smallest absolute Gasteiger partial charge is 0.335 e. The Bertz CT molecular complexity index is 5080. The number of aromatic hydroxyl groups is 3. The van der Waals surface area contributed by atoms with Crippen molar-refractivity contribution in [3.05, 3.63) is 275 Å². The van der Waals surface area contributed by atoms with Gasteiger partial charge in [0.2, 0.25) is 24.0 Å². The summed E-state index contributed by atoms with van der Waals surface area (Å²) >= 11 is 1.68. The third kappa shape index (κ3) is 21.1. The number of ether oxygens (including phenoxy) is 2. The first kappa shape index (κ1) is 78.4. The molecule has 20 heteroatoms. The van der Waals surface area contributed by atoms with E-state index in [9.17, 15) is 59.7 Å². The van der Waals surface area contributed by atoms with E-state index < -0.39 is 36.7 Å². The van der Waals surface area contributed by atoms with E-state index in [2.05, 4.69) is 70.1 Å². The second-order valence-electron chi connectivity index (χ2n) is 26.2. The van der Waals surface area contributed by atoms with E-state index in [-0.39, 0.29) is 52.9 Å². The van der Waals surface area contributed by atoms with Crippen molar-refractivity contribution in [2.45, 2.75) is 103 Å². The van der Waals surface area contributed by atoms with Crippen LogP contribution in [-0.4, -0.2) is 113 Å². The number of phenolic OH excluding ortho intramolecular Hbond substituents is 3. The number of rotatable bonds is 23. The largest absolute Gasteiger partial charge is 0.508 e. The summed E-state index contributed by atoms with van der Waals surface area (Å²) in [6.07, 6.45) is -1.10. The molecule has 9 aromatic carbocycles. The number of hydrogen-bond donors (Lipinski definition) is 10. The number of carbonyl (C=O) groups excluding carboxylic acids is 4. The number of Topliss-reactive ketones (excluding diaryl/α,β-unsaturated/α-hetero) is 1. The minimum atomic E-state index is -1.80. The Morgan fingerprint density at radius 2 is 0.907 bits per heavy atom. The molecule has 1 unspecified atom stereocenters. The summed E-state index contributed by atoms with van der Waals surface area (Å²) < 4.78 is 10.9. The topological polar surface area (TPSA) is 349 Å². The summed E-state index contributed by atoms with van der Waals surface area (Å²) in [5.41, 5.74) is 38.3. The number of ketones is 1. The number of aliphatic imine (C=N–C) groups is 1. The molecule has 1 fully saturated rings. The number of aliphatic hydroxyl groups excluding tert-OH is 3. The number of nitrogens with zero attached hydrogens (tertiary/aromatic N) is 2. The van der Waals surface area contributed by atoms with Gasteiger partial charge in [0.1, 0.15) is 47.1 Å². The van der Waals surface area contributed by atoms with Crippen molar-refractivity contribution < 1.29 is 69.2 Å². The number of aromatic nitrogens is 1. The second-order valence-corrected chi connectivity index (χ2v) is 27.0. The van der Waals surface area contributed by atoms with Gasteiger partial charge in [-0.2, -0.15) is 11.3 Å². The van der Waals surface area contributed by atoms with Gasteiger partial charge in [-0.15, -0.1) is 0 Å². The van der Waals surface area contributed by atoms with Crippen molar-refractivity contribution in [2.75, 3.05) is 6.54 Å². The van der Waals surface area contributed by atoms with Crippen LogP contribution < -0.4 is 21.9 Å². The molecule has 2 aromatic heterocycles. The number of carboxylic acid groups (broad SMARTS) is 1. The third-order valence-electron chi connectivity index (χ3n) is 18.3. The maximum atomic E-state index is 11.7. The van der Waals surface area contributed by atoms with Crippen molar-refractivity contribution in [3.63, 3.8) is 0 Å². The van der Waals surface area contributed by atoms with Gasteiger partial charge in [-0.3, -0.25) is 24.4 Å². The Labute approximate surface area is 630 Å². The highest BCUT2D eigenvalue weighted by Crippen LogP contribution is 2.38. The zero-order chi connectivity index (χ0) is 77.0. The number of benzene rings is 9. The standard InChI is InChI=1S/C28H28O8.C20H20N2O2.C20H18N2O2.C20H19NO2S/c1-16(29)10-11-20-14-18(17-6-3-2-4-7-17)12-13-22(20)19-8-5-9-21(15-19)35-28-25(32)23(30)24(31)26(36-28)27(33)34;1-13-18(9-10-22-13)15-5-7-19(14-3-2-4-17(23)12-14)16(11-15)6-8-20(21)24;21-20(24)10-8-15-12-16(19-6-1-2-11-22-19)7-9-18(15)14-4-3-5-17(23)13-14;1-13-11-24-12-19(13)16-5-7-18(14-3-2-4-17(22)10-14)15(9-16)6-8-20(21)23/h2-9,12-15,23-26,28,30-32H,10-11H2,1H3,(H,33,34);2-5,7,9,11-12,23H,6,8,10H2,1H3,(H2,21,24);1-7,9,11-13,23H,8,10H2,(H2,21,24);2-5,7,9-12,22H,6,8H2,1H3,(H2,21,23)/t23-,24-,25+,26-,28?;;;/m0.../s1. The molecule has 2 aliphatic rings. The molecule has 13 rings (SSSR count). The molecule has 0 aliphatic carbocycles. The van der Waals surface area contributed by atoms with E-state index in [4.69, 9.17) is 26.7 Å². The number of pyridine rings is 1. The van der Waals surface area contributed by atoms with Gasteiger partial charge in [0, 0.05) is 48.7 Å². The minimum absolute atomic E-state index is 0.0836. The summed E-state index contributed by atoms with van der Waals surface area (Å²) in [5.74, 6) is -1.43. The number of allylic oxidation sites excluding steroid dienone is 1. The Balaban J connectivity index is 0.000000156. The Morgan fingerprint density at radius 1 is 0.463 bits per heavy atom. The molecule has 0 spiro atoms. The predicted octanol–water partition coefficient (Wildman–Crippen LogP) is 14.2. The van der Waals surface area contributed by atoms with Gasteiger partial charge in [-0.1, -0.05) is 158 Å². The molecular weight excluding hydrogens is 1380 g/mol. The number of nitrogens with two attached hydrogens (primary N) is 3. The Hall–Kier alpha value is -12.2. The fraction of sp³-hybridized carbons (Fsp3) is 0.193. The summed E-state index contributed by atoms with van der Waals surface area (Å²) in [6, 6.07) is 68.5. The molecule has 13 N–H and O–H groups in total. The van der Waals surface area contributed by atoms with Crippen LogP contribution in [0.25, 0.3) is 83.6 Å². The van der Waals surface area contributed by atoms with Gasteiger partial charge in [-0.25, -0.2) is 4.79 Å². The van der Waals surface area contributed by atoms with Crippen LogP contribution in [0.15, 0.2) is 246 Å². The van der Waals surface area contributed by atoms with Crippen LogP contribution in [0.5, 0.6) is 23.0 Å². The van der Waals surface area contributed by atoms with Crippen molar-refractivity contribution >= 4 is 52.1 Å². The molecule has 4 heterocycles.